The van der Waals surface area contributed by atoms with Crippen LogP contribution in [-0.4, -0.2) is 61.6 Å². The molecule has 29 heavy (non-hydrogen) atoms. The molecule has 8 heteroatoms. The molecule has 7 nitrogen and oxygen atoms in total. The summed E-state index contributed by atoms with van der Waals surface area (Å²) in [4.78, 5) is 26.0. The molecule has 0 bridgehead atoms. The number of carbonyl (C=O) groups is 1. The number of piperidine rings is 1. The Bertz CT molecular complexity index is 885. The molecule has 0 aromatic carbocycles. The van der Waals surface area contributed by atoms with Crippen LogP contribution in [0.5, 0.6) is 0 Å². The summed E-state index contributed by atoms with van der Waals surface area (Å²) in [6.07, 6.45) is 13.5. The minimum Gasteiger partial charge on any atom is -0.343 e. The van der Waals surface area contributed by atoms with Crippen LogP contribution in [0.2, 0.25) is 0 Å². The predicted octanol–water partition coefficient (Wildman–Crippen LogP) is 2.54. The molecule has 158 valence electrons. The molecule has 1 atom stereocenters. The molecule has 0 N–H and O–H groups in total. The first-order valence-electron chi connectivity index (χ1n) is 10.7. The van der Waals surface area contributed by atoms with Gasteiger partial charge in [0.2, 0.25) is 11.9 Å². The minimum absolute atomic E-state index is 0.0412. The number of nitrogens with zero attached hydrogens (tertiary/aromatic N) is 4. The second-order valence-corrected chi connectivity index (χ2v) is 10.5. The van der Waals surface area contributed by atoms with Crippen LogP contribution in [0.1, 0.15) is 56.6 Å². The fourth-order valence-corrected chi connectivity index (χ4v) is 5.48. The maximum absolute atomic E-state index is 12.6. The van der Waals surface area contributed by atoms with Gasteiger partial charge in [0.25, 0.3) is 0 Å². The van der Waals surface area contributed by atoms with Gasteiger partial charge >= 0.3 is 0 Å². The number of likely N-dealkylation sites (tertiary alicyclic amines) is 1. The molecule has 2 fully saturated rings. The Hall–Kier alpha value is -1.96. The number of anilines is 1. The van der Waals surface area contributed by atoms with Gasteiger partial charge in [0.1, 0.15) is 4.90 Å². The SMILES string of the molecule is CS(=O)(=O)c1cnc(N2CCCC2)nc1C1CCN(C(=O)CC2C=CCC2)CC1. The lowest BCUT2D eigenvalue weighted by Gasteiger charge is -2.33. The maximum Gasteiger partial charge on any atom is 0.225 e. The van der Waals surface area contributed by atoms with Crippen molar-refractivity contribution in [3.63, 3.8) is 0 Å². The van der Waals surface area contributed by atoms with Gasteiger partial charge < -0.3 is 9.80 Å². The lowest BCUT2D eigenvalue weighted by molar-refractivity contribution is -0.132. The van der Waals surface area contributed by atoms with Crippen LogP contribution in [0, 0.1) is 5.92 Å². The summed E-state index contributed by atoms with van der Waals surface area (Å²) in [7, 11) is -3.40. The topological polar surface area (TPSA) is 83.5 Å². The highest BCUT2D eigenvalue weighted by molar-refractivity contribution is 7.90. The van der Waals surface area contributed by atoms with Gasteiger partial charge in [-0.3, -0.25) is 4.79 Å². The van der Waals surface area contributed by atoms with E-state index in [-0.39, 0.29) is 16.7 Å². The van der Waals surface area contributed by atoms with Crippen LogP contribution in [-0.2, 0) is 14.6 Å². The molecule has 0 saturated carbocycles. The van der Waals surface area contributed by atoms with E-state index in [0.717, 1.165) is 51.6 Å². The number of sulfone groups is 1. The molecule has 1 aliphatic carbocycles. The van der Waals surface area contributed by atoms with Crippen molar-refractivity contribution in [1.82, 2.24) is 14.9 Å². The van der Waals surface area contributed by atoms with E-state index in [4.69, 9.17) is 4.98 Å². The average molecular weight is 419 g/mol. The van der Waals surface area contributed by atoms with E-state index in [1.54, 1.807) is 0 Å². The minimum atomic E-state index is -3.40. The third-order valence-corrected chi connectivity index (χ3v) is 7.46. The summed E-state index contributed by atoms with van der Waals surface area (Å²) in [6.45, 7) is 3.15. The number of rotatable bonds is 5. The van der Waals surface area contributed by atoms with Crippen molar-refractivity contribution in [2.45, 2.75) is 55.8 Å². The fraction of sp³-hybridized carbons (Fsp3) is 0.667. The molecule has 1 amide bonds. The van der Waals surface area contributed by atoms with Gasteiger partial charge in [0.05, 0.1) is 11.9 Å². The monoisotopic (exact) mass is 418 g/mol. The smallest absolute Gasteiger partial charge is 0.225 e. The molecule has 2 saturated heterocycles. The van der Waals surface area contributed by atoms with Crippen LogP contribution in [0.15, 0.2) is 23.2 Å². The van der Waals surface area contributed by atoms with Crippen molar-refractivity contribution < 1.29 is 13.2 Å². The predicted molar refractivity (Wildman–Crippen MR) is 112 cm³/mol. The Morgan fingerprint density at radius 2 is 1.86 bits per heavy atom. The standard InChI is InChI=1S/C21H30N4O3S/c1-29(27,28)18-15-22-21(25-10-4-5-11-25)23-20(18)17-8-12-24(13-9-17)19(26)14-16-6-2-3-7-16/h2,6,15-17H,3-5,7-14H2,1H3. The molecule has 1 aromatic heterocycles. The fourth-order valence-electron chi connectivity index (χ4n) is 4.64. The van der Waals surface area contributed by atoms with Gasteiger partial charge in [0.15, 0.2) is 9.84 Å². The third kappa shape index (κ3) is 4.63. The van der Waals surface area contributed by atoms with Gasteiger partial charge in [-0.05, 0) is 44.4 Å². The molecular weight excluding hydrogens is 388 g/mol. The molecular formula is C21H30N4O3S. The molecule has 0 radical (unpaired) electrons. The van der Waals surface area contributed by atoms with Crippen LogP contribution in [0.25, 0.3) is 0 Å². The summed E-state index contributed by atoms with van der Waals surface area (Å²) in [6, 6.07) is 0. The summed E-state index contributed by atoms with van der Waals surface area (Å²) < 4.78 is 24.7. The molecule has 3 heterocycles. The molecule has 1 unspecified atom stereocenters. The second kappa shape index (κ2) is 8.42. The van der Waals surface area contributed by atoms with Crippen molar-refractivity contribution in [3.05, 3.63) is 24.0 Å². The zero-order valence-electron chi connectivity index (χ0n) is 17.1. The van der Waals surface area contributed by atoms with Crippen molar-refractivity contribution in [2.24, 2.45) is 5.92 Å². The summed E-state index contributed by atoms with van der Waals surface area (Å²) in [5, 5.41) is 0. The van der Waals surface area contributed by atoms with Crippen molar-refractivity contribution in [1.29, 1.82) is 0 Å². The zero-order chi connectivity index (χ0) is 20.4. The number of carbonyl (C=O) groups excluding carboxylic acids is 1. The first-order chi connectivity index (χ1) is 13.9. The van der Waals surface area contributed by atoms with E-state index in [1.807, 2.05) is 4.90 Å². The first-order valence-corrected chi connectivity index (χ1v) is 12.6. The number of hydrogen-bond acceptors (Lipinski definition) is 6. The quantitative estimate of drug-likeness (QED) is 0.684. The summed E-state index contributed by atoms with van der Waals surface area (Å²) in [5.41, 5.74) is 0.634. The number of allylic oxidation sites excluding steroid dienone is 2. The zero-order valence-corrected chi connectivity index (χ0v) is 17.9. The van der Waals surface area contributed by atoms with Crippen LogP contribution in [0.3, 0.4) is 0 Å². The highest BCUT2D eigenvalue weighted by Crippen LogP contribution is 2.33. The average Bonchev–Trinajstić information content (AvgIpc) is 3.41. The summed E-state index contributed by atoms with van der Waals surface area (Å²) in [5.74, 6) is 1.27. The van der Waals surface area contributed by atoms with Crippen molar-refractivity contribution in [3.8, 4) is 0 Å². The van der Waals surface area contributed by atoms with Crippen LogP contribution >= 0.6 is 0 Å². The Morgan fingerprint density at radius 3 is 2.48 bits per heavy atom. The van der Waals surface area contributed by atoms with E-state index in [2.05, 4.69) is 22.0 Å². The number of aromatic nitrogens is 2. The molecule has 0 spiro atoms. The van der Waals surface area contributed by atoms with Crippen molar-refractivity contribution in [2.75, 3.05) is 37.3 Å². The van der Waals surface area contributed by atoms with Crippen LogP contribution < -0.4 is 4.90 Å². The molecule has 4 rings (SSSR count). The molecule has 2 aliphatic heterocycles. The highest BCUT2D eigenvalue weighted by atomic mass is 32.2. The largest absolute Gasteiger partial charge is 0.343 e. The van der Waals surface area contributed by atoms with Crippen LogP contribution in [0.4, 0.5) is 5.95 Å². The van der Waals surface area contributed by atoms with E-state index in [9.17, 15) is 13.2 Å². The van der Waals surface area contributed by atoms with Gasteiger partial charge in [-0.1, -0.05) is 12.2 Å². The Kier molecular flexibility index (Phi) is 5.90. The number of hydrogen-bond donors (Lipinski definition) is 0. The molecule has 1 aromatic rings. The van der Waals surface area contributed by atoms with E-state index in [1.165, 1.54) is 12.5 Å². The van der Waals surface area contributed by atoms with Gasteiger partial charge in [-0.2, -0.15) is 0 Å². The van der Waals surface area contributed by atoms with Gasteiger partial charge in [-0.15, -0.1) is 0 Å². The lowest BCUT2D eigenvalue weighted by atomic mass is 9.92. The third-order valence-electron chi connectivity index (χ3n) is 6.34. The normalized spacial score (nSPS) is 23.1. The maximum atomic E-state index is 12.6. The number of amides is 1. The van der Waals surface area contributed by atoms with Gasteiger partial charge in [-0.25, -0.2) is 18.4 Å². The lowest BCUT2D eigenvalue weighted by Crippen LogP contribution is -2.39. The highest BCUT2D eigenvalue weighted by Gasteiger charge is 2.30. The van der Waals surface area contributed by atoms with Crippen molar-refractivity contribution >= 4 is 21.7 Å². The Labute approximate surface area is 173 Å². The Morgan fingerprint density at radius 1 is 1.14 bits per heavy atom. The van der Waals surface area contributed by atoms with E-state index in [0.29, 0.717) is 37.1 Å². The van der Waals surface area contributed by atoms with Gasteiger partial charge in [0, 0.05) is 44.8 Å². The second-order valence-electron chi connectivity index (χ2n) is 8.51. The van der Waals surface area contributed by atoms with E-state index >= 15 is 0 Å². The Balaban J connectivity index is 1.48. The summed E-state index contributed by atoms with van der Waals surface area (Å²) >= 11 is 0. The first kappa shape index (κ1) is 20.3. The van der Waals surface area contributed by atoms with E-state index < -0.39 is 9.84 Å². The molecule has 3 aliphatic rings.